The topological polar surface area (TPSA) is 89.3 Å². The van der Waals surface area contributed by atoms with Gasteiger partial charge in [-0.3, -0.25) is 4.79 Å². The fourth-order valence-corrected chi connectivity index (χ4v) is 5.61. The maximum absolute atomic E-state index is 12.4. The van der Waals surface area contributed by atoms with Crippen molar-refractivity contribution in [1.29, 1.82) is 0 Å². The number of halogens is 1. The van der Waals surface area contributed by atoms with Crippen LogP contribution in [0.2, 0.25) is 0 Å². The molecule has 0 aromatic heterocycles. The second kappa shape index (κ2) is 8.72. The van der Waals surface area contributed by atoms with Gasteiger partial charge < -0.3 is 11.1 Å². The fraction of sp³-hybridized carbons (Fsp3) is 0.632. The van der Waals surface area contributed by atoms with Crippen molar-refractivity contribution < 1.29 is 13.2 Å². The van der Waals surface area contributed by atoms with Gasteiger partial charge in [-0.25, -0.2) is 8.42 Å². The smallest absolute Gasteiger partial charge is 0.221 e. The molecule has 1 amide bonds. The molecule has 1 aromatic rings. The van der Waals surface area contributed by atoms with Crippen LogP contribution >= 0.6 is 12.4 Å². The molecule has 2 aliphatic rings. The third kappa shape index (κ3) is 4.99. The first-order valence-corrected chi connectivity index (χ1v) is 10.8. The second-order valence-corrected chi connectivity index (χ2v) is 9.77. The Kier molecular flexibility index (Phi) is 7.11. The van der Waals surface area contributed by atoms with E-state index in [1.165, 1.54) is 6.42 Å². The second-order valence-electron chi connectivity index (χ2n) is 7.66. The maximum atomic E-state index is 12.4. The summed E-state index contributed by atoms with van der Waals surface area (Å²) in [4.78, 5) is 12.6. The molecule has 2 fully saturated rings. The third-order valence-corrected chi connectivity index (χ3v) is 7.41. The molecule has 2 unspecified atom stereocenters. The summed E-state index contributed by atoms with van der Waals surface area (Å²) in [5.74, 6) is 0.581. The SMILES string of the molecule is Cc1ccc(S(=O)(=O)CCC(=O)NC2C3CCCC2CC(N)C3)cc1.Cl. The summed E-state index contributed by atoms with van der Waals surface area (Å²) in [6.07, 6.45) is 5.36. The van der Waals surface area contributed by atoms with Crippen LogP contribution in [-0.4, -0.2) is 32.2 Å². The molecule has 7 heteroatoms. The zero-order valence-electron chi connectivity index (χ0n) is 15.2. The number of fused-ring (bicyclic) bond motifs is 2. The summed E-state index contributed by atoms with van der Waals surface area (Å²) in [6.45, 7) is 1.91. The molecule has 2 bridgehead atoms. The van der Waals surface area contributed by atoms with Crippen molar-refractivity contribution >= 4 is 28.2 Å². The molecule has 2 aliphatic carbocycles. The van der Waals surface area contributed by atoms with Crippen molar-refractivity contribution in [3.05, 3.63) is 29.8 Å². The summed E-state index contributed by atoms with van der Waals surface area (Å²) in [5.41, 5.74) is 7.13. The lowest BCUT2D eigenvalue weighted by molar-refractivity contribution is -0.123. The molecule has 146 valence electrons. The number of benzene rings is 1. The number of aryl methyl sites for hydroxylation is 1. The van der Waals surface area contributed by atoms with E-state index < -0.39 is 9.84 Å². The van der Waals surface area contributed by atoms with Crippen LogP contribution in [0.5, 0.6) is 0 Å². The van der Waals surface area contributed by atoms with E-state index in [-0.39, 0.29) is 47.5 Å². The van der Waals surface area contributed by atoms with E-state index in [1.54, 1.807) is 24.3 Å². The monoisotopic (exact) mass is 400 g/mol. The van der Waals surface area contributed by atoms with Gasteiger partial charge in [-0.05, 0) is 56.6 Å². The molecule has 3 rings (SSSR count). The van der Waals surface area contributed by atoms with E-state index in [9.17, 15) is 13.2 Å². The molecule has 0 heterocycles. The molecule has 1 aromatic carbocycles. The number of nitrogens with one attached hydrogen (secondary N) is 1. The molecule has 0 radical (unpaired) electrons. The van der Waals surface area contributed by atoms with Gasteiger partial charge in [0.15, 0.2) is 9.84 Å². The number of sulfone groups is 1. The van der Waals surface area contributed by atoms with Gasteiger partial charge in [-0.1, -0.05) is 24.1 Å². The van der Waals surface area contributed by atoms with Crippen molar-refractivity contribution in [2.75, 3.05) is 5.75 Å². The number of carbonyl (C=O) groups is 1. The molecule has 2 saturated carbocycles. The van der Waals surface area contributed by atoms with Gasteiger partial charge in [0.25, 0.3) is 0 Å². The Morgan fingerprint density at radius 3 is 2.31 bits per heavy atom. The van der Waals surface area contributed by atoms with Crippen LogP contribution in [-0.2, 0) is 14.6 Å². The van der Waals surface area contributed by atoms with Gasteiger partial charge in [0.2, 0.25) is 5.91 Å². The largest absolute Gasteiger partial charge is 0.353 e. The highest BCUT2D eigenvalue weighted by atomic mass is 35.5. The number of amides is 1. The van der Waals surface area contributed by atoms with Gasteiger partial charge in [0.05, 0.1) is 10.6 Å². The van der Waals surface area contributed by atoms with Crippen molar-refractivity contribution in [3.8, 4) is 0 Å². The molecule has 0 aliphatic heterocycles. The summed E-state index contributed by atoms with van der Waals surface area (Å²) in [6, 6.07) is 7.18. The summed E-state index contributed by atoms with van der Waals surface area (Å²) in [7, 11) is -3.42. The van der Waals surface area contributed by atoms with Crippen LogP contribution in [0.3, 0.4) is 0 Å². The molecule has 0 spiro atoms. The highest BCUT2D eigenvalue weighted by Gasteiger charge is 2.39. The number of rotatable bonds is 5. The van der Waals surface area contributed by atoms with E-state index in [4.69, 9.17) is 5.73 Å². The molecule has 0 saturated heterocycles. The number of hydrogen-bond donors (Lipinski definition) is 2. The molecule has 5 nitrogen and oxygen atoms in total. The normalized spacial score (nSPS) is 28.1. The Balaban J connectivity index is 0.00000243. The Morgan fingerprint density at radius 2 is 1.73 bits per heavy atom. The zero-order valence-corrected chi connectivity index (χ0v) is 16.8. The lowest BCUT2D eigenvalue weighted by atomic mass is 9.67. The van der Waals surface area contributed by atoms with Crippen molar-refractivity contribution in [2.24, 2.45) is 17.6 Å². The van der Waals surface area contributed by atoms with Gasteiger partial charge in [-0.2, -0.15) is 0 Å². The van der Waals surface area contributed by atoms with Gasteiger partial charge in [0.1, 0.15) is 0 Å². The van der Waals surface area contributed by atoms with Gasteiger partial charge in [0, 0.05) is 18.5 Å². The third-order valence-electron chi connectivity index (χ3n) is 5.68. The first-order valence-electron chi connectivity index (χ1n) is 9.19. The number of nitrogens with two attached hydrogens (primary N) is 1. The molecular weight excluding hydrogens is 372 g/mol. The van der Waals surface area contributed by atoms with E-state index in [0.29, 0.717) is 11.8 Å². The summed E-state index contributed by atoms with van der Waals surface area (Å²) < 4.78 is 24.8. The van der Waals surface area contributed by atoms with E-state index >= 15 is 0 Å². The minimum absolute atomic E-state index is 0. The number of carbonyl (C=O) groups excluding carboxylic acids is 1. The predicted molar refractivity (Wildman–Crippen MR) is 105 cm³/mol. The Bertz CT molecular complexity index is 707. The minimum Gasteiger partial charge on any atom is -0.353 e. The lowest BCUT2D eigenvalue weighted by Gasteiger charge is -2.45. The number of hydrogen-bond acceptors (Lipinski definition) is 4. The van der Waals surface area contributed by atoms with Crippen LogP contribution in [0.4, 0.5) is 0 Å². The highest BCUT2D eigenvalue weighted by molar-refractivity contribution is 7.91. The fourth-order valence-electron chi connectivity index (χ4n) is 4.37. The van der Waals surface area contributed by atoms with Crippen LogP contribution in [0.15, 0.2) is 29.2 Å². The lowest BCUT2D eigenvalue weighted by Crippen LogP contribution is -2.53. The molecule has 3 N–H and O–H groups in total. The highest BCUT2D eigenvalue weighted by Crippen LogP contribution is 2.39. The first-order chi connectivity index (χ1) is 11.8. The van der Waals surface area contributed by atoms with E-state index in [1.807, 2.05) is 6.92 Å². The summed E-state index contributed by atoms with van der Waals surface area (Å²) in [5, 5.41) is 3.12. The quantitative estimate of drug-likeness (QED) is 0.794. The minimum atomic E-state index is -3.42. The summed E-state index contributed by atoms with van der Waals surface area (Å²) >= 11 is 0. The van der Waals surface area contributed by atoms with E-state index in [0.717, 1.165) is 31.2 Å². The average molecular weight is 401 g/mol. The maximum Gasteiger partial charge on any atom is 0.221 e. The first kappa shape index (κ1) is 21.2. The standard InChI is InChI=1S/C19H28N2O3S.ClH/c1-13-5-7-17(8-6-13)25(23,24)10-9-18(22)21-19-14-3-2-4-15(19)12-16(20)11-14;/h5-8,14-16,19H,2-4,9-12,20H2,1H3,(H,21,22);1H. The molecular formula is C19H29ClN2O3S. The van der Waals surface area contributed by atoms with Crippen molar-refractivity contribution in [2.45, 2.75) is 62.4 Å². The van der Waals surface area contributed by atoms with Gasteiger partial charge >= 0.3 is 0 Å². The van der Waals surface area contributed by atoms with Crippen LogP contribution in [0.1, 0.15) is 44.1 Å². The molecule has 26 heavy (non-hydrogen) atoms. The Labute approximate surface area is 162 Å². The van der Waals surface area contributed by atoms with Gasteiger partial charge in [-0.15, -0.1) is 12.4 Å². The average Bonchev–Trinajstić information content (AvgIpc) is 2.54. The predicted octanol–water partition coefficient (Wildman–Crippen LogP) is 2.60. The van der Waals surface area contributed by atoms with E-state index in [2.05, 4.69) is 5.32 Å². The van der Waals surface area contributed by atoms with Crippen LogP contribution in [0.25, 0.3) is 0 Å². The Hall–Kier alpha value is -1.11. The zero-order chi connectivity index (χ0) is 18.0. The van der Waals surface area contributed by atoms with Crippen LogP contribution < -0.4 is 11.1 Å². The Morgan fingerprint density at radius 1 is 1.15 bits per heavy atom. The van der Waals surface area contributed by atoms with Crippen molar-refractivity contribution in [1.82, 2.24) is 5.32 Å². The molecule has 2 atom stereocenters. The van der Waals surface area contributed by atoms with Crippen molar-refractivity contribution in [3.63, 3.8) is 0 Å². The van der Waals surface area contributed by atoms with Crippen LogP contribution in [0, 0.1) is 18.8 Å².